The van der Waals surface area contributed by atoms with Gasteiger partial charge in [-0.3, -0.25) is 5.10 Å². The van der Waals surface area contributed by atoms with Gasteiger partial charge < -0.3 is 10.6 Å². The molecular weight excluding hydrogens is 434 g/mol. The molecule has 2 aromatic heterocycles. The zero-order valence-electron chi connectivity index (χ0n) is 18.6. The lowest BCUT2D eigenvalue weighted by atomic mass is 9.73. The van der Waals surface area contributed by atoms with Crippen LogP contribution in [0.15, 0.2) is 55.2 Å². The molecule has 1 saturated heterocycles. The monoisotopic (exact) mass is 458 g/mol. The molecule has 2 aromatic carbocycles. The molecule has 2 aliphatic rings. The Kier molecular flexibility index (Phi) is 4.74. The Morgan fingerprint density at radius 2 is 1.85 bits per heavy atom. The van der Waals surface area contributed by atoms with Gasteiger partial charge in [0, 0.05) is 30.8 Å². The minimum atomic E-state index is -0.669. The highest BCUT2D eigenvalue weighted by molar-refractivity contribution is 5.90. The maximum atomic E-state index is 13.7. The van der Waals surface area contributed by atoms with Gasteiger partial charge in [-0.1, -0.05) is 30.8 Å². The number of nitrogens with zero attached hydrogens (tertiary/aromatic N) is 4. The molecule has 3 N–H and O–H groups in total. The first kappa shape index (κ1) is 20.9. The lowest BCUT2D eigenvalue weighted by Gasteiger charge is -2.42. The van der Waals surface area contributed by atoms with Crippen LogP contribution in [0.4, 0.5) is 14.6 Å². The number of anilines is 1. The van der Waals surface area contributed by atoms with E-state index in [1.54, 1.807) is 6.20 Å². The topological polar surface area (TPSA) is 83.7 Å². The van der Waals surface area contributed by atoms with Crippen LogP contribution in [0.2, 0.25) is 0 Å². The van der Waals surface area contributed by atoms with Crippen molar-refractivity contribution in [3.05, 3.63) is 89.3 Å². The van der Waals surface area contributed by atoms with Crippen LogP contribution < -0.4 is 10.6 Å². The summed E-state index contributed by atoms with van der Waals surface area (Å²) < 4.78 is 27.3. The largest absolute Gasteiger partial charge is 0.355 e. The summed E-state index contributed by atoms with van der Waals surface area (Å²) in [4.78, 5) is 11.5. The smallest absolute Gasteiger partial charge is 0.177 e. The third kappa shape index (κ3) is 3.28. The molecule has 8 heteroatoms. The molecule has 1 aliphatic carbocycles. The van der Waals surface area contributed by atoms with Crippen molar-refractivity contribution in [1.29, 1.82) is 0 Å². The number of aromatic nitrogens is 4. The number of piperidine rings is 1. The van der Waals surface area contributed by atoms with Crippen LogP contribution in [-0.2, 0) is 6.42 Å². The summed E-state index contributed by atoms with van der Waals surface area (Å²) in [7, 11) is 0. The number of benzene rings is 2. The first-order chi connectivity index (χ1) is 16.4. The number of rotatable bonds is 3. The van der Waals surface area contributed by atoms with Crippen molar-refractivity contribution in [3.8, 4) is 0 Å². The molecule has 4 aromatic rings. The van der Waals surface area contributed by atoms with Gasteiger partial charge >= 0.3 is 0 Å². The Balaban J connectivity index is 1.22. The quantitative estimate of drug-likeness (QED) is 0.471. The zero-order chi connectivity index (χ0) is 23.4. The van der Waals surface area contributed by atoms with Crippen molar-refractivity contribution in [1.82, 2.24) is 20.2 Å². The molecule has 1 spiro atoms. The van der Waals surface area contributed by atoms with Gasteiger partial charge in [0.1, 0.15) is 28.7 Å². The number of hydrogen-bond acceptors (Lipinski definition) is 5. The fourth-order valence-corrected chi connectivity index (χ4v) is 5.51. The fourth-order valence-electron chi connectivity index (χ4n) is 5.51. The van der Waals surface area contributed by atoms with E-state index in [1.807, 2.05) is 0 Å². The number of nitrogens with two attached hydrogens (primary N) is 1. The average Bonchev–Trinajstić information content (AvgIpc) is 3.37. The molecule has 172 valence electrons. The van der Waals surface area contributed by atoms with E-state index in [9.17, 15) is 8.78 Å². The lowest BCUT2D eigenvalue weighted by Crippen LogP contribution is -2.44. The molecular formula is C26H24F2N6. The van der Waals surface area contributed by atoms with Crippen molar-refractivity contribution in [3.63, 3.8) is 0 Å². The first-order valence-corrected chi connectivity index (χ1v) is 11.4. The van der Waals surface area contributed by atoms with E-state index < -0.39 is 11.6 Å². The van der Waals surface area contributed by atoms with E-state index in [-0.39, 0.29) is 11.5 Å². The van der Waals surface area contributed by atoms with Gasteiger partial charge in [-0.2, -0.15) is 5.10 Å². The van der Waals surface area contributed by atoms with Crippen molar-refractivity contribution in [2.75, 3.05) is 18.0 Å². The molecule has 0 unspecified atom stereocenters. The molecule has 1 atom stereocenters. The molecule has 6 nitrogen and oxygen atoms in total. The predicted octanol–water partition coefficient (Wildman–Crippen LogP) is 4.54. The summed E-state index contributed by atoms with van der Waals surface area (Å²) >= 11 is 0. The van der Waals surface area contributed by atoms with Crippen LogP contribution in [0.1, 0.15) is 41.3 Å². The third-order valence-corrected chi connectivity index (χ3v) is 7.43. The molecule has 6 rings (SSSR count). The fraction of sp³-hybridized carbons (Fsp3) is 0.269. The summed E-state index contributed by atoms with van der Waals surface area (Å²) in [5, 5.41) is 7.17. The molecule has 1 aliphatic heterocycles. The highest BCUT2D eigenvalue weighted by atomic mass is 19.1. The molecule has 1 fully saturated rings. The van der Waals surface area contributed by atoms with Gasteiger partial charge in [0.05, 0.1) is 6.20 Å². The zero-order valence-corrected chi connectivity index (χ0v) is 18.6. The molecule has 3 heterocycles. The second-order valence-electron chi connectivity index (χ2n) is 9.34. The van der Waals surface area contributed by atoms with Gasteiger partial charge in [-0.05, 0) is 53.5 Å². The number of fused-ring (bicyclic) bond motifs is 2. The Labute approximate surface area is 195 Å². The van der Waals surface area contributed by atoms with Gasteiger partial charge in [0.2, 0.25) is 0 Å². The maximum absolute atomic E-state index is 13.7. The summed E-state index contributed by atoms with van der Waals surface area (Å²) in [6, 6.07) is 11.8. The first-order valence-electron chi connectivity index (χ1n) is 11.4. The Bertz CT molecular complexity index is 1400. The Hall–Kier alpha value is -3.65. The number of halogens is 2. The SMILES string of the molecule is C=C(c1cc(F)cc(F)c1)c1n[nH]c2nc(N3CCC4(CC3)Cc3ccccc3[C@H]4N)cnc12. The van der Waals surface area contributed by atoms with Gasteiger partial charge in [-0.25, -0.2) is 18.7 Å². The van der Waals surface area contributed by atoms with Crippen LogP contribution in [-0.4, -0.2) is 33.3 Å². The standard InChI is InChI=1S/C26H24F2N6/c1-15(17-10-18(27)12-19(28)11-17)22-23-25(33-32-22)31-21(14-30-23)34-8-6-26(7-9-34)13-16-4-2-3-5-20(16)24(26)29/h2-5,10-12,14,24H,1,6-9,13,29H2,(H,31,32,33)/t24-/m1/s1. The number of hydrogen-bond donors (Lipinski definition) is 2. The summed E-state index contributed by atoms with van der Waals surface area (Å²) in [6.45, 7) is 5.66. The Morgan fingerprint density at radius 3 is 2.59 bits per heavy atom. The third-order valence-electron chi connectivity index (χ3n) is 7.43. The van der Waals surface area contributed by atoms with E-state index >= 15 is 0 Å². The second-order valence-corrected chi connectivity index (χ2v) is 9.34. The van der Waals surface area contributed by atoms with Gasteiger partial charge in [0.15, 0.2) is 5.65 Å². The summed E-state index contributed by atoms with van der Waals surface area (Å²) in [5.41, 5.74) is 11.6. The van der Waals surface area contributed by atoms with Crippen molar-refractivity contribution in [2.24, 2.45) is 11.1 Å². The predicted molar refractivity (Wildman–Crippen MR) is 127 cm³/mol. The van der Waals surface area contributed by atoms with Crippen LogP contribution in [0.25, 0.3) is 16.7 Å². The molecule has 0 amide bonds. The molecule has 34 heavy (non-hydrogen) atoms. The van der Waals surface area contributed by atoms with E-state index in [2.05, 4.69) is 50.9 Å². The normalized spacial score (nSPS) is 19.0. The van der Waals surface area contributed by atoms with E-state index in [1.165, 1.54) is 23.3 Å². The van der Waals surface area contributed by atoms with Crippen LogP contribution in [0.5, 0.6) is 0 Å². The summed E-state index contributed by atoms with van der Waals surface area (Å²) in [5.74, 6) is -0.571. The molecule has 0 radical (unpaired) electrons. The average molecular weight is 459 g/mol. The van der Waals surface area contributed by atoms with Crippen LogP contribution >= 0.6 is 0 Å². The maximum Gasteiger partial charge on any atom is 0.177 e. The van der Waals surface area contributed by atoms with Crippen molar-refractivity contribution < 1.29 is 8.78 Å². The van der Waals surface area contributed by atoms with Gasteiger partial charge in [0.25, 0.3) is 0 Å². The Morgan fingerprint density at radius 1 is 1.12 bits per heavy atom. The molecule has 0 saturated carbocycles. The number of aromatic amines is 1. The highest BCUT2D eigenvalue weighted by Gasteiger charge is 2.45. The van der Waals surface area contributed by atoms with Crippen LogP contribution in [0.3, 0.4) is 0 Å². The number of nitrogens with one attached hydrogen (secondary N) is 1. The lowest BCUT2D eigenvalue weighted by molar-refractivity contribution is 0.187. The minimum absolute atomic E-state index is 0.0632. The second kappa shape index (κ2) is 7.70. The molecule has 0 bridgehead atoms. The van der Waals surface area contributed by atoms with E-state index in [4.69, 9.17) is 10.7 Å². The van der Waals surface area contributed by atoms with Crippen molar-refractivity contribution in [2.45, 2.75) is 25.3 Å². The van der Waals surface area contributed by atoms with E-state index in [0.717, 1.165) is 44.2 Å². The van der Waals surface area contributed by atoms with Gasteiger partial charge in [-0.15, -0.1) is 0 Å². The highest BCUT2D eigenvalue weighted by Crippen LogP contribution is 2.50. The van der Waals surface area contributed by atoms with Crippen LogP contribution in [0, 0.1) is 17.0 Å². The van der Waals surface area contributed by atoms with E-state index in [0.29, 0.717) is 28.0 Å². The number of H-pyrrole nitrogens is 1. The summed E-state index contributed by atoms with van der Waals surface area (Å²) in [6.07, 6.45) is 4.72. The minimum Gasteiger partial charge on any atom is -0.355 e. The van der Waals surface area contributed by atoms with Crippen molar-refractivity contribution >= 4 is 22.6 Å².